The predicted molar refractivity (Wildman–Crippen MR) is 109 cm³/mol. The molecule has 156 valence electrons. The summed E-state index contributed by atoms with van der Waals surface area (Å²) in [5, 5.41) is 2.88. The molecule has 2 amide bonds. The first kappa shape index (κ1) is 21.1. The zero-order valence-electron chi connectivity index (χ0n) is 16.6. The predicted octanol–water partition coefficient (Wildman–Crippen LogP) is 3.16. The van der Waals surface area contributed by atoms with Crippen molar-refractivity contribution in [3.8, 4) is 0 Å². The van der Waals surface area contributed by atoms with Crippen molar-refractivity contribution in [3.63, 3.8) is 0 Å². The molecule has 8 nitrogen and oxygen atoms in total. The third kappa shape index (κ3) is 4.86. The highest BCUT2D eigenvalue weighted by molar-refractivity contribution is 7.18. The summed E-state index contributed by atoms with van der Waals surface area (Å²) in [5.74, 6) is -0.936. The number of amides is 2. The molecule has 2 aromatic rings. The molecule has 0 saturated carbocycles. The van der Waals surface area contributed by atoms with Crippen LogP contribution in [0.15, 0.2) is 16.5 Å². The second-order valence-corrected chi connectivity index (χ2v) is 7.92. The quantitative estimate of drug-likeness (QED) is 0.666. The van der Waals surface area contributed by atoms with Gasteiger partial charge in [0.1, 0.15) is 10.8 Å². The average Bonchev–Trinajstić information content (AvgIpc) is 3.27. The van der Waals surface area contributed by atoms with Gasteiger partial charge in [-0.25, -0.2) is 4.79 Å². The smallest absolute Gasteiger partial charge is 0.341 e. The van der Waals surface area contributed by atoms with Crippen LogP contribution in [0.25, 0.3) is 0 Å². The van der Waals surface area contributed by atoms with Gasteiger partial charge in [-0.1, -0.05) is 6.42 Å². The summed E-state index contributed by atoms with van der Waals surface area (Å²) in [6, 6.07) is 3.39. The number of nitrogens with zero attached hydrogens (tertiary/aromatic N) is 1. The van der Waals surface area contributed by atoms with Crippen molar-refractivity contribution in [2.45, 2.75) is 39.7 Å². The van der Waals surface area contributed by atoms with E-state index in [0.29, 0.717) is 17.9 Å². The molecule has 3 heterocycles. The molecule has 2 aromatic heterocycles. The maximum absolute atomic E-state index is 12.7. The van der Waals surface area contributed by atoms with Crippen LogP contribution < -0.4 is 11.1 Å². The van der Waals surface area contributed by atoms with Gasteiger partial charge in [0.2, 0.25) is 0 Å². The molecule has 0 atom stereocenters. The third-order valence-corrected chi connectivity index (χ3v) is 6.01. The van der Waals surface area contributed by atoms with E-state index < -0.39 is 17.8 Å². The highest BCUT2D eigenvalue weighted by atomic mass is 32.1. The summed E-state index contributed by atoms with van der Waals surface area (Å²) >= 11 is 0.949. The van der Waals surface area contributed by atoms with Crippen LogP contribution in [0.4, 0.5) is 5.00 Å². The van der Waals surface area contributed by atoms with Crippen molar-refractivity contribution < 1.29 is 23.5 Å². The zero-order chi connectivity index (χ0) is 21.0. The number of furan rings is 1. The van der Waals surface area contributed by atoms with Gasteiger partial charge in [0, 0.05) is 0 Å². The van der Waals surface area contributed by atoms with E-state index in [0.717, 1.165) is 24.4 Å². The number of anilines is 1. The van der Waals surface area contributed by atoms with E-state index in [1.54, 1.807) is 26.0 Å². The van der Waals surface area contributed by atoms with Crippen LogP contribution in [0.3, 0.4) is 0 Å². The van der Waals surface area contributed by atoms with Gasteiger partial charge >= 0.3 is 5.97 Å². The first-order valence-electron chi connectivity index (χ1n) is 9.63. The van der Waals surface area contributed by atoms with E-state index in [2.05, 4.69) is 10.2 Å². The Hall–Kier alpha value is -2.65. The minimum atomic E-state index is -0.666. The van der Waals surface area contributed by atoms with Gasteiger partial charge in [-0.3, -0.25) is 14.5 Å². The van der Waals surface area contributed by atoms with E-state index in [1.807, 2.05) is 0 Å². The van der Waals surface area contributed by atoms with Crippen molar-refractivity contribution >= 4 is 34.1 Å². The maximum atomic E-state index is 12.7. The molecule has 1 saturated heterocycles. The van der Waals surface area contributed by atoms with Crippen LogP contribution in [-0.4, -0.2) is 42.4 Å². The highest BCUT2D eigenvalue weighted by Gasteiger charge is 2.26. The number of rotatable bonds is 7. The Balaban J connectivity index is 1.77. The van der Waals surface area contributed by atoms with Gasteiger partial charge in [0.25, 0.3) is 11.8 Å². The van der Waals surface area contributed by atoms with Crippen LogP contribution in [0, 0.1) is 6.92 Å². The van der Waals surface area contributed by atoms with Crippen LogP contribution in [-0.2, 0) is 11.3 Å². The molecule has 0 unspecified atom stereocenters. The topological polar surface area (TPSA) is 115 Å². The van der Waals surface area contributed by atoms with Gasteiger partial charge in [0.15, 0.2) is 5.76 Å². The van der Waals surface area contributed by atoms with Crippen molar-refractivity contribution in [1.29, 1.82) is 0 Å². The SMILES string of the molecule is CCOC(=O)c1c(NC(=O)c2ccc(CN3CCCCC3)o2)sc(C(N)=O)c1C. The largest absolute Gasteiger partial charge is 0.462 e. The van der Waals surface area contributed by atoms with Gasteiger partial charge in [0.05, 0.1) is 23.6 Å². The summed E-state index contributed by atoms with van der Waals surface area (Å²) in [6.45, 7) is 6.16. The Kier molecular flexibility index (Phi) is 6.71. The third-order valence-electron chi connectivity index (χ3n) is 4.79. The van der Waals surface area contributed by atoms with E-state index in [1.165, 1.54) is 19.3 Å². The summed E-state index contributed by atoms with van der Waals surface area (Å²) in [4.78, 5) is 39.1. The van der Waals surface area contributed by atoms with Crippen LogP contribution in [0.1, 0.15) is 68.1 Å². The number of hydrogen-bond acceptors (Lipinski definition) is 7. The number of likely N-dealkylation sites (tertiary alicyclic amines) is 1. The fourth-order valence-corrected chi connectivity index (χ4v) is 4.42. The Morgan fingerprint density at radius 2 is 1.97 bits per heavy atom. The standard InChI is InChI=1S/C20H25N3O5S/c1-3-27-20(26)15-12(2)16(17(21)24)29-19(15)22-18(25)14-8-7-13(28-14)11-23-9-5-4-6-10-23/h7-8H,3-6,9-11H2,1-2H3,(H2,21,24)(H,22,25). The van der Waals surface area contributed by atoms with E-state index in [4.69, 9.17) is 14.9 Å². The molecule has 0 aliphatic carbocycles. The van der Waals surface area contributed by atoms with Crippen LogP contribution in [0.2, 0.25) is 0 Å². The van der Waals surface area contributed by atoms with Crippen molar-refractivity contribution in [2.24, 2.45) is 5.73 Å². The van der Waals surface area contributed by atoms with E-state index in [9.17, 15) is 14.4 Å². The molecule has 3 rings (SSSR count). The summed E-state index contributed by atoms with van der Waals surface area (Å²) < 4.78 is 10.7. The van der Waals surface area contributed by atoms with Gasteiger partial charge in [-0.05, 0) is 57.5 Å². The molecule has 0 radical (unpaired) electrons. The summed E-state index contributed by atoms with van der Waals surface area (Å²) in [7, 11) is 0. The molecule has 3 N–H and O–H groups in total. The number of esters is 1. The minimum Gasteiger partial charge on any atom is -0.462 e. The minimum absolute atomic E-state index is 0.137. The number of nitrogens with one attached hydrogen (secondary N) is 1. The number of nitrogens with two attached hydrogens (primary N) is 1. The number of hydrogen-bond donors (Lipinski definition) is 2. The molecule has 0 bridgehead atoms. The van der Waals surface area contributed by atoms with Crippen LogP contribution in [0.5, 0.6) is 0 Å². The molecule has 1 fully saturated rings. The number of piperidine rings is 1. The summed E-state index contributed by atoms with van der Waals surface area (Å²) in [5.41, 5.74) is 5.92. The van der Waals surface area contributed by atoms with Gasteiger partial charge < -0.3 is 20.2 Å². The molecule has 9 heteroatoms. The fourth-order valence-electron chi connectivity index (χ4n) is 3.37. The first-order chi connectivity index (χ1) is 13.9. The summed E-state index contributed by atoms with van der Waals surface area (Å²) in [6.07, 6.45) is 3.59. The lowest BCUT2D eigenvalue weighted by Gasteiger charge is -2.25. The lowest BCUT2D eigenvalue weighted by molar-refractivity contribution is 0.0527. The average molecular weight is 420 g/mol. The van der Waals surface area contributed by atoms with Crippen molar-refractivity contribution in [2.75, 3.05) is 25.0 Å². The van der Waals surface area contributed by atoms with Crippen molar-refractivity contribution in [1.82, 2.24) is 4.90 Å². The Bertz CT molecular complexity index is 911. The fraction of sp³-hybridized carbons (Fsp3) is 0.450. The normalized spacial score (nSPS) is 14.6. The lowest BCUT2D eigenvalue weighted by Crippen LogP contribution is -2.28. The Morgan fingerprint density at radius 3 is 2.62 bits per heavy atom. The van der Waals surface area contributed by atoms with E-state index in [-0.39, 0.29) is 27.8 Å². The van der Waals surface area contributed by atoms with Gasteiger partial charge in [-0.2, -0.15) is 0 Å². The first-order valence-corrected chi connectivity index (χ1v) is 10.4. The number of primary amides is 1. The van der Waals surface area contributed by atoms with E-state index >= 15 is 0 Å². The lowest BCUT2D eigenvalue weighted by atomic mass is 10.1. The molecule has 1 aliphatic rings. The Labute approximate surface area is 173 Å². The molecule has 29 heavy (non-hydrogen) atoms. The number of ether oxygens (including phenoxy) is 1. The maximum Gasteiger partial charge on any atom is 0.341 e. The molecule has 0 aromatic carbocycles. The van der Waals surface area contributed by atoms with Gasteiger partial charge in [-0.15, -0.1) is 11.3 Å². The Morgan fingerprint density at radius 1 is 1.24 bits per heavy atom. The number of carbonyl (C=O) groups excluding carboxylic acids is 3. The van der Waals surface area contributed by atoms with Crippen molar-refractivity contribution in [3.05, 3.63) is 39.7 Å². The number of thiophene rings is 1. The van der Waals surface area contributed by atoms with Crippen LogP contribution >= 0.6 is 11.3 Å². The molecular formula is C20H25N3O5S. The second kappa shape index (κ2) is 9.23. The molecule has 0 spiro atoms. The molecule has 1 aliphatic heterocycles. The highest BCUT2D eigenvalue weighted by Crippen LogP contribution is 2.34. The monoisotopic (exact) mass is 419 g/mol. The molecular weight excluding hydrogens is 394 g/mol. The second-order valence-electron chi connectivity index (χ2n) is 6.90. The number of carbonyl (C=O) groups is 3. The zero-order valence-corrected chi connectivity index (χ0v) is 17.4.